The van der Waals surface area contributed by atoms with Crippen molar-refractivity contribution in [3.8, 4) is 0 Å². The van der Waals surface area contributed by atoms with E-state index in [0.717, 1.165) is 22.2 Å². The van der Waals surface area contributed by atoms with Crippen LogP contribution in [0.25, 0.3) is 0 Å². The van der Waals surface area contributed by atoms with Crippen LogP contribution in [0, 0.1) is 5.41 Å². The zero-order chi connectivity index (χ0) is 10.9. The smallest absolute Gasteiger partial charge is 0.227 e. The SMILES string of the molecule is NCC1(C(=O)NCc2cc(Br)cs2)CC1. The molecule has 82 valence electrons. The minimum Gasteiger partial charge on any atom is -0.351 e. The number of amides is 1. The molecular weight excluding hydrogens is 276 g/mol. The number of hydrogen-bond donors (Lipinski definition) is 2. The summed E-state index contributed by atoms with van der Waals surface area (Å²) >= 11 is 5.02. The lowest BCUT2D eigenvalue weighted by atomic mass is 10.1. The van der Waals surface area contributed by atoms with Gasteiger partial charge >= 0.3 is 0 Å². The van der Waals surface area contributed by atoms with Gasteiger partial charge in [0.2, 0.25) is 5.91 Å². The van der Waals surface area contributed by atoms with Crippen molar-refractivity contribution in [2.75, 3.05) is 6.54 Å². The highest BCUT2D eigenvalue weighted by atomic mass is 79.9. The van der Waals surface area contributed by atoms with Gasteiger partial charge in [0.1, 0.15) is 0 Å². The van der Waals surface area contributed by atoms with Crippen molar-refractivity contribution < 1.29 is 4.79 Å². The first kappa shape index (κ1) is 11.1. The van der Waals surface area contributed by atoms with Crippen LogP contribution in [0.1, 0.15) is 17.7 Å². The molecule has 1 fully saturated rings. The Morgan fingerprint density at radius 3 is 2.87 bits per heavy atom. The fourth-order valence-electron chi connectivity index (χ4n) is 1.48. The van der Waals surface area contributed by atoms with Crippen molar-refractivity contribution in [2.45, 2.75) is 19.4 Å². The molecule has 0 saturated heterocycles. The van der Waals surface area contributed by atoms with Crippen molar-refractivity contribution in [1.29, 1.82) is 0 Å². The topological polar surface area (TPSA) is 55.1 Å². The molecule has 1 saturated carbocycles. The standard InChI is InChI=1S/C10H13BrN2OS/c11-7-3-8(15-5-7)4-13-9(14)10(6-12)1-2-10/h3,5H,1-2,4,6,12H2,(H,13,14). The van der Waals surface area contributed by atoms with E-state index in [1.165, 1.54) is 0 Å². The molecule has 5 heteroatoms. The van der Waals surface area contributed by atoms with Crippen LogP contribution in [0.3, 0.4) is 0 Å². The van der Waals surface area contributed by atoms with E-state index < -0.39 is 0 Å². The molecule has 3 nitrogen and oxygen atoms in total. The van der Waals surface area contributed by atoms with Gasteiger partial charge < -0.3 is 11.1 Å². The molecule has 1 amide bonds. The molecule has 15 heavy (non-hydrogen) atoms. The van der Waals surface area contributed by atoms with Gasteiger partial charge in [-0.1, -0.05) is 0 Å². The number of nitrogens with one attached hydrogen (secondary N) is 1. The van der Waals surface area contributed by atoms with Crippen molar-refractivity contribution >= 4 is 33.2 Å². The Kier molecular flexibility index (Phi) is 3.13. The van der Waals surface area contributed by atoms with Gasteiger partial charge in [-0.05, 0) is 34.8 Å². The Hall–Kier alpha value is -0.390. The van der Waals surface area contributed by atoms with Crippen LogP contribution in [0.2, 0.25) is 0 Å². The number of rotatable bonds is 4. The number of hydrogen-bond acceptors (Lipinski definition) is 3. The first-order chi connectivity index (χ1) is 7.16. The third kappa shape index (κ3) is 2.41. The summed E-state index contributed by atoms with van der Waals surface area (Å²) < 4.78 is 1.07. The number of carbonyl (C=O) groups is 1. The van der Waals surface area contributed by atoms with E-state index in [4.69, 9.17) is 5.73 Å². The molecule has 0 spiro atoms. The van der Waals surface area contributed by atoms with Crippen molar-refractivity contribution in [3.63, 3.8) is 0 Å². The van der Waals surface area contributed by atoms with Gasteiger partial charge in [0.25, 0.3) is 0 Å². The molecule has 0 radical (unpaired) electrons. The Balaban J connectivity index is 1.86. The van der Waals surface area contributed by atoms with Gasteiger partial charge in [-0.15, -0.1) is 11.3 Å². The first-order valence-electron chi connectivity index (χ1n) is 4.87. The molecule has 0 atom stereocenters. The van der Waals surface area contributed by atoms with Gasteiger partial charge in [-0.2, -0.15) is 0 Å². The molecule has 0 aromatic carbocycles. The fraction of sp³-hybridized carbons (Fsp3) is 0.500. The second kappa shape index (κ2) is 4.23. The minimum absolute atomic E-state index is 0.106. The largest absolute Gasteiger partial charge is 0.351 e. The lowest BCUT2D eigenvalue weighted by Gasteiger charge is -2.11. The predicted octanol–water partition coefficient (Wildman–Crippen LogP) is 1.87. The van der Waals surface area contributed by atoms with Gasteiger partial charge in [0.15, 0.2) is 0 Å². The van der Waals surface area contributed by atoms with E-state index in [0.29, 0.717) is 13.1 Å². The third-order valence-corrected chi connectivity index (χ3v) is 4.47. The van der Waals surface area contributed by atoms with Crippen LogP contribution in [0.15, 0.2) is 15.9 Å². The van der Waals surface area contributed by atoms with Crippen molar-refractivity contribution in [1.82, 2.24) is 5.32 Å². The van der Waals surface area contributed by atoms with Gasteiger partial charge in [-0.25, -0.2) is 0 Å². The summed E-state index contributed by atoms with van der Waals surface area (Å²) in [5.41, 5.74) is 5.34. The van der Waals surface area contributed by atoms with Crippen LogP contribution < -0.4 is 11.1 Å². The summed E-state index contributed by atoms with van der Waals surface area (Å²) in [4.78, 5) is 12.9. The maximum absolute atomic E-state index is 11.7. The molecule has 0 aliphatic heterocycles. The summed E-state index contributed by atoms with van der Waals surface area (Å²) in [5.74, 6) is 0.106. The van der Waals surface area contributed by atoms with E-state index >= 15 is 0 Å². The molecule has 1 aromatic rings. The summed E-state index contributed by atoms with van der Waals surface area (Å²) in [5, 5.41) is 4.95. The maximum Gasteiger partial charge on any atom is 0.227 e. The second-order valence-electron chi connectivity index (χ2n) is 3.90. The van der Waals surface area contributed by atoms with E-state index in [1.807, 2.05) is 11.4 Å². The van der Waals surface area contributed by atoms with E-state index in [1.54, 1.807) is 11.3 Å². The highest BCUT2D eigenvalue weighted by molar-refractivity contribution is 9.10. The zero-order valence-corrected chi connectivity index (χ0v) is 10.7. The predicted molar refractivity (Wildman–Crippen MR) is 64.6 cm³/mol. The van der Waals surface area contributed by atoms with Gasteiger partial charge in [-0.3, -0.25) is 4.79 Å². The maximum atomic E-state index is 11.7. The number of carbonyl (C=O) groups excluding carboxylic acids is 1. The van der Waals surface area contributed by atoms with Crippen molar-refractivity contribution in [2.24, 2.45) is 11.1 Å². The van der Waals surface area contributed by atoms with Crippen LogP contribution in [-0.4, -0.2) is 12.5 Å². The second-order valence-corrected chi connectivity index (χ2v) is 5.81. The average Bonchev–Trinajstić information content (AvgIpc) is 2.93. The fourth-order valence-corrected chi connectivity index (χ4v) is 2.87. The molecule has 0 unspecified atom stereocenters. The van der Waals surface area contributed by atoms with Gasteiger partial charge in [0, 0.05) is 21.3 Å². The summed E-state index contributed by atoms with van der Waals surface area (Å²) in [7, 11) is 0. The van der Waals surface area contributed by atoms with Crippen LogP contribution in [0.4, 0.5) is 0 Å². The monoisotopic (exact) mass is 288 g/mol. The molecule has 1 heterocycles. The normalized spacial score (nSPS) is 17.5. The quantitative estimate of drug-likeness (QED) is 0.889. The third-order valence-electron chi connectivity index (χ3n) is 2.77. The minimum atomic E-state index is -0.242. The zero-order valence-electron chi connectivity index (χ0n) is 8.25. The van der Waals surface area contributed by atoms with E-state index in [9.17, 15) is 4.79 Å². The van der Waals surface area contributed by atoms with E-state index in [-0.39, 0.29) is 11.3 Å². The lowest BCUT2D eigenvalue weighted by molar-refractivity contribution is -0.126. The molecule has 1 aliphatic rings. The highest BCUT2D eigenvalue weighted by Gasteiger charge is 2.48. The summed E-state index contributed by atoms with van der Waals surface area (Å²) in [6, 6.07) is 2.02. The molecule has 3 N–H and O–H groups in total. The van der Waals surface area contributed by atoms with E-state index in [2.05, 4.69) is 21.2 Å². The Morgan fingerprint density at radius 2 is 2.40 bits per heavy atom. The first-order valence-corrected chi connectivity index (χ1v) is 6.55. The lowest BCUT2D eigenvalue weighted by Crippen LogP contribution is -2.35. The number of nitrogens with two attached hydrogens (primary N) is 1. The molecule has 0 bridgehead atoms. The molecule has 1 aromatic heterocycles. The highest BCUT2D eigenvalue weighted by Crippen LogP contribution is 2.44. The average molecular weight is 289 g/mol. The van der Waals surface area contributed by atoms with Crippen LogP contribution in [0.5, 0.6) is 0 Å². The van der Waals surface area contributed by atoms with Crippen LogP contribution >= 0.6 is 27.3 Å². The van der Waals surface area contributed by atoms with Crippen molar-refractivity contribution in [3.05, 3.63) is 20.8 Å². The number of thiophene rings is 1. The molecule has 1 aliphatic carbocycles. The Morgan fingerprint density at radius 1 is 1.67 bits per heavy atom. The number of halogens is 1. The Bertz CT molecular complexity index is 373. The summed E-state index contributed by atoms with van der Waals surface area (Å²) in [6.45, 7) is 1.07. The van der Waals surface area contributed by atoms with Gasteiger partial charge in [0.05, 0.1) is 12.0 Å². The Labute approximate surface area is 101 Å². The van der Waals surface area contributed by atoms with Crippen LogP contribution in [-0.2, 0) is 11.3 Å². The molecule has 2 rings (SSSR count). The molecular formula is C10H13BrN2OS. The summed E-state index contributed by atoms with van der Waals surface area (Å²) in [6.07, 6.45) is 1.87.